The molecule has 0 bridgehead atoms. The molecule has 5 nitrogen and oxygen atoms in total. The molecule has 2 atom stereocenters. The molecule has 15 heavy (non-hydrogen) atoms. The van der Waals surface area contributed by atoms with Crippen LogP contribution < -0.4 is 5.73 Å². The number of nitrogens with zero attached hydrogens (tertiary/aromatic N) is 2. The maximum Gasteiger partial charge on any atom is 0.228 e. The summed E-state index contributed by atoms with van der Waals surface area (Å²) in [6.45, 7) is 6.51. The molecule has 1 rings (SSSR count). The second kappa shape index (κ2) is 5.82. The van der Waals surface area contributed by atoms with Crippen LogP contribution in [0.1, 0.15) is 45.0 Å². The average Bonchev–Trinajstić information content (AvgIpc) is 2.66. The summed E-state index contributed by atoms with van der Waals surface area (Å²) in [6, 6.07) is 0.0840. The van der Waals surface area contributed by atoms with Gasteiger partial charge in [0.05, 0.1) is 0 Å². The quantitative estimate of drug-likeness (QED) is 0.774. The Morgan fingerprint density at radius 1 is 1.47 bits per heavy atom. The molecule has 0 fully saturated rings. The van der Waals surface area contributed by atoms with Crippen molar-refractivity contribution in [2.24, 2.45) is 5.73 Å². The Kier molecular flexibility index (Phi) is 4.71. The lowest BCUT2D eigenvalue weighted by Crippen LogP contribution is -2.21. The summed E-state index contributed by atoms with van der Waals surface area (Å²) in [5.74, 6) is 1.18. The Bertz CT molecular complexity index is 288. The number of rotatable bonds is 6. The maximum absolute atomic E-state index is 5.79. The van der Waals surface area contributed by atoms with Gasteiger partial charge in [0.25, 0.3) is 0 Å². The number of hydrogen-bond acceptors (Lipinski definition) is 5. The molecule has 5 heteroatoms. The van der Waals surface area contributed by atoms with Gasteiger partial charge in [-0.1, -0.05) is 12.1 Å². The van der Waals surface area contributed by atoms with Crippen molar-refractivity contribution in [3.05, 3.63) is 11.7 Å². The third kappa shape index (κ3) is 3.60. The Labute approximate surface area is 90.0 Å². The van der Waals surface area contributed by atoms with Gasteiger partial charge in [-0.25, -0.2) is 0 Å². The zero-order valence-electron chi connectivity index (χ0n) is 9.56. The fourth-order valence-electron chi connectivity index (χ4n) is 1.21. The van der Waals surface area contributed by atoms with Gasteiger partial charge in [0, 0.05) is 19.1 Å². The third-order valence-electron chi connectivity index (χ3n) is 2.23. The Balaban J connectivity index is 2.55. The van der Waals surface area contributed by atoms with Gasteiger partial charge in [-0.15, -0.1) is 0 Å². The second-order valence-corrected chi connectivity index (χ2v) is 3.52. The van der Waals surface area contributed by atoms with E-state index in [9.17, 15) is 0 Å². The fourth-order valence-corrected chi connectivity index (χ4v) is 1.21. The number of nitrogens with two attached hydrogens (primary N) is 1. The predicted octanol–water partition coefficient (Wildman–Crippen LogP) is 1.45. The lowest BCUT2D eigenvalue weighted by molar-refractivity contribution is 0.0683. The topological polar surface area (TPSA) is 74.2 Å². The van der Waals surface area contributed by atoms with Crippen molar-refractivity contribution in [2.75, 3.05) is 6.61 Å². The standard InChI is InChI=1S/C10H19N3O2/c1-4-8(11)6-9-12-10(13-15-9)7(3)14-5-2/h7-8H,4-6,11H2,1-3H3. The van der Waals surface area contributed by atoms with Gasteiger partial charge in [0.1, 0.15) is 6.10 Å². The summed E-state index contributed by atoms with van der Waals surface area (Å²) < 4.78 is 10.4. The highest BCUT2D eigenvalue weighted by Gasteiger charge is 2.14. The minimum atomic E-state index is -0.120. The molecule has 1 aromatic heterocycles. The summed E-state index contributed by atoms with van der Waals surface area (Å²) in [5.41, 5.74) is 5.79. The molecular weight excluding hydrogens is 194 g/mol. The van der Waals surface area contributed by atoms with Gasteiger partial charge in [-0.2, -0.15) is 4.98 Å². The van der Waals surface area contributed by atoms with E-state index >= 15 is 0 Å². The van der Waals surface area contributed by atoms with Crippen LogP contribution in [0.5, 0.6) is 0 Å². The molecule has 0 aliphatic rings. The molecule has 0 amide bonds. The first-order valence-electron chi connectivity index (χ1n) is 5.37. The second-order valence-electron chi connectivity index (χ2n) is 3.52. The summed E-state index contributed by atoms with van der Waals surface area (Å²) in [7, 11) is 0. The molecule has 1 aromatic rings. The molecule has 2 unspecified atom stereocenters. The SMILES string of the molecule is CCOC(C)c1noc(CC(N)CC)n1. The van der Waals surface area contributed by atoms with E-state index in [0.717, 1.165) is 6.42 Å². The van der Waals surface area contributed by atoms with Crippen molar-refractivity contribution in [1.29, 1.82) is 0 Å². The molecule has 0 radical (unpaired) electrons. The van der Waals surface area contributed by atoms with Crippen LogP contribution in [-0.4, -0.2) is 22.8 Å². The maximum atomic E-state index is 5.79. The smallest absolute Gasteiger partial charge is 0.228 e. The van der Waals surface area contributed by atoms with Gasteiger partial charge < -0.3 is 15.0 Å². The largest absolute Gasteiger partial charge is 0.371 e. The molecular formula is C10H19N3O2. The lowest BCUT2D eigenvalue weighted by atomic mass is 10.2. The monoisotopic (exact) mass is 213 g/mol. The molecule has 0 aliphatic carbocycles. The molecule has 0 aliphatic heterocycles. The minimum absolute atomic E-state index is 0.0840. The predicted molar refractivity (Wildman–Crippen MR) is 56.3 cm³/mol. The molecule has 2 N–H and O–H groups in total. The van der Waals surface area contributed by atoms with E-state index in [1.54, 1.807) is 0 Å². The van der Waals surface area contributed by atoms with Gasteiger partial charge in [0.15, 0.2) is 5.82 Å². The van der Waals surface area contributed by atoms with E-state index in [4.69, 9.17) is 15.0 Å². The molecule has 0 saturated heterocycles. The molecule has 0 aromatic carbocycles. The number of hydrogen-bond donors (Lipinski definition) is 1. The lowest BCUT2D eigenvalue weighted by Gasteiger charge is -2.05. The Morgan fingerprint density at radius 3 is 2.80 bits per heavy atom. The zero-order valence-corrected chi connectivity index (χ0v) is 9.56. The van der Waals surface area contributed by atoms with Crippen molar-refractivity contribution in [3.63, 3.8) is 0 Å². The molecule has 86 valence electrons. The van der Waals surface area contributed by atoms with Crippen molar-refractivity contribution >= 4 is 0 Å². The summed E-state index contributed by atoms with van der Waals surface area (Å²) in [4.78, 5) is 4.23. The Morgan fingerprint density at radius 2 is 2.20 bits per heavy atom. The van der Waals surface area contributed by atoms with Gasteiger partial charge in [-0.3, -0.25) is 0 Å². The van der Waals surface area contributed by atoms with Crippen LogP contribution in [0.4, 0.5) is 0 Å². The molecule has 1 heterocycles. The molecule has 0 saturated carbocycles. The van der Waals surface area contributed by atoms with E-state index < -0.39 is 0 Å². The van der Waals surface area contributed by atoms with E-state index in [1.807, 2.05) is 20.8 Å². The highest BCUT2D eigenvalue weighted by molar-refractivity contribution is 4.91. The summed E-state index contributed by atoms with van der Waals surface area (Å²) in [6.07, 6.45) is 1.41. The highest BCUT2D eigenvalue weighted by Crippen LogP contribution is 2.13. The van der Waals surface area contributed by atoms with Crippen LogP contribution in [0.15, 0.2) is 4.52 Å². The first-order chi connectivity index (χ1) is 7.17. The van der Waals surface area contributed by atoms with Crippen LogP contribution in [0.3, 0.4) is 0 Å². The van der Waals surface area contributed by atoms with Gasteiger partial charge in [-0.05, 0) is 20.3 Å². The summed E-state index contributed by atoms with van der Waals surface area (Å²) in [5, 5.41) is 3.86. The van der Waals surface area contributed by atoms with Crippen LogP contribution >= 0.6 is 0 Å². The van der Waals surface area contributed by atoms with Crippen molar-refractivity contribution in [1.82, 2.24) is 10.1 Å². The first-order valence-corrected chi connectivity index (χ1v) is 5.37. The van der Waals surface area contributed by atoms with Crippen LogP contribution in [0.25, 0.3) is 0 Å². The van der Waals surface area contributed by atoms with Crippen LogP contribution in [0.2, 0.25) is 0 Å². The van der Waals surface area contributed by atoms with Gasteiger partial charge in [0.2, 0.25) is 5.89 Å². The number of ether oxygens (including phenoxy) is 1. The van der Waals surface area contributed by atoms with Crippen LogP contribution in [0, 0.1) is 0 Å². The highest BCUT2D eigenvalue weighted by atomic mass is 16.5. The number of aromatic nitrogens is 2. The van der Waals surface area contributed by atoms with E-state index in [0.29, 0.717) is 24.7 Å². The van der Waals surface area contributed by atoms with Gasteiger partial charge >= 0.3 is 0 Å². The summed E-state index contributed by atoms with van der Waals surface area (Å²) >= 11 is 0. The van der Waals surface area contributed by atoms with E-state index in [-0.39, 0.29) is 12.1 Å². The third-order valence-corrected chi connectivity index (χ3v) is 2.23. The van der Waals surface area contributed by atoms with Crippen molar-refractivity contribution in [3.8, 4) is 0 Å². The molecule has 0 spiro atoms. The fraction of sp³-hybridized carbons (Fsp3) is 0.800. The van der Waals surface area contributed by atoms with Crippen LogP contribution in [-0.2, 0) is 11.2 Å². The van der Waals surface area contributed by atoms with Crippen molar-refractivity contribution in [2.45, 2.75) is 45.8 Å². The van der Waals surface area contributed by atoms with Crippen molar-refractivity contribution < 1.29 is 9.26 Å². The first kappa shape index (κ1) is 12.1. The zero-order chi connectivity index (χ0) is 11.3. The Hall–Kier alpha value is -0.940. The normalized spacial score (nSPS) is 15.2. The van der Waals surface area contributed by atoms with E-state index in [1.165, 1.54) is 0 Å². The van der Waals surface area contributed by atoms with E-state index in [2.05, 4.69) is 10.1 Å². The average molecular weight is 213 g/mol. The minimum Gasteiger partial charge on any atom is -0.371 e.